The van der Waals surface area contributed by atoms with Gasteiger partial charge in [0.05, 0.1) is 24.8 Å². The summed E-state index contributed by atoms with van der Waals surface area (Å²) in [6, 6.07) is 7.62. The molecular formula is C25H31ClFN5O2. The third kappa shape index (κ3) is 4.76. The summed E-state index contributed by atoms with van der Waals surface area (Å²) >= 11 is 6.11. The van der Waals surface area contributed by atoms with Crippen molar-refractivity contribution in [3.63, 3.8) is 0 Å². The van der Waals surface area contributed by atoms with Gasteiger partial charge in [-0.3, -0.25) is 9.69 Å². The van der Waals surface area contributed by atoms with Crippen LogP contribution in [0.25, 0.3) is 0 Å². The molecule has 1 amide bonds. The van der Waals surface area contributed by atoms with E-state index in [-0.39, 0.29) is 17.7 Å². The number of benzene rings is 1. The maximum absolute atomic E-state index is 14.4. The summed E-state index contributed by atoms with van der Waals surface area (Å²) < 4.78 is 19.9. The Labute approximate surface area is 204 Å². The lowest BCUT2D eigenvalue weighted by Crippen LogP contribution is -2.52. The number of carbonyl (C=O) groups excluding carboxylic acids is 1. The third-order valence-corrected chi connectivity index (χ3v) is 7.50. The molecule has 0 N–H and O–H groups in total. The van der Waals surface area contributed by atoms with Crippen LogP contribution in [0, 0.1) is 0 Å². The van der Waals surface area contributed by atoms with Crippen LogP contribution in [0.4, 0.5) is 10.2 Å². The van der Waals surface area contributed by atoms with E-state index in [1.807, 2.05) is 36.1 Å². The van der Waals surface area contributed by atoms with Gasteiger partial charge in [0.2, 0.25) is 5.91 Å². The summed E-state index contributed by atoms with van der Waals surface area (Å²) in [5, 5.41) is 0.664. The molecule has 1 aromatic heterocycles. The lowest BCUT2D eigenvalue weighted by Gasteiger charge is -2.39. The molecule has 1 unspecified atom stereocenters. The minimum absolute atomic E-state index is 0.101. The van der Waals surface area contributed by atoms with Crippen molar-refractivity contribution in [1.82, 2.24) is 19.8 Å². The van der Waals surface area contributed by atoms with Crippen molar-refractivity contribution in [2.24, 2.45) is 0 Å². The number of carbonyl (C=O) groups is 1. The van der Waals surface area contributed by atoms with Gasteiger partial charge in [-0.2, -0.15) is 0 Å². The predicted molar refractivity (Wildman–Crippen MR) is 129 cm³/mol. The molecule has 0 radical (unpaired) electrons. The first-order valence-corrected chi connectivity index (χ1v) is 12.5. The van der Waals surface area contributed by atoms with Crippen LogP contribution in [0.5, 0.6) is 0 Å². The van der Waals surface area contributed by atoms with Crippen molar-refractivity contribution in [1.29, 1.82) is 0 Å². The Morgan fingerprint density at radius 2 is 1.82 bits per heavy atom. The van der Waals surface area contributed by atoms with Gasteiger partial charge in [-0.25, -0.2) is 14.4 Å². The number of rotatable bonds is 5. The van der Waals surface area contributed by atoms with Crippen molar-refractivity contribution in [2.45, 2.75) is 31.4 Å². The van der Waals surface area contributed by atoms with Crippen molar-refractivity contribution >= 4 is 23.3 Å². The Kier molecular flexibility index (Phi) is 6.99. The molecule has 3 aliphatic rings. The molecule has 2 fully saturated rings. The third-order valence-electron chi connectivity index (χ3n) is 7.25. The van der Waals surface area contributed by atoms with E-state index in [1.54, 1.807) is 0 Å². The Morgan fingerprint density at radius 3 is 2.53 bits per heavy atom. The maximum Gasteiger partial charge on any atom is 0.231 e. The smallest absolute Gasteiger partial charge is 0.231 e. The van der Waals surface area contributed by atoms with Crippen LogP contribution >= 0.6 is 11.6 Å². The second-order valence-corrected chi connectivity index (χ2v) is 9.87. The first-order valence-electron chi connectivity index (χ1n) is 12.1. The minimum Gasteiger partial charge on any atom is -0.379 e. The molecule has 7 nitrogen and oxygen atoms in total. The molecule has 0 saturated carbocycles. The standard InChI is InChI=1S/C25H31ClFN5O2/c1-17-14-21(27)23-22(17)24(29-16-28-23)31-6-8-32(9-7-31)25(33)20(15-30-10-12-34-13-11-30)18-2-4-19(26)5-3-18/h2-5,16-17,20-21H,6-15H2,1H3/t17-,20?,21+/m1/s1. The highest BCUT2D eigenvalue weighted by molar-refractivity contribution is 6.30. The predicted octanol–water partition coefficient (Wildman–Crippen LogP) is 3.41. The molecule has 1 aromatic carbocycles. The first kappa shape index (κ1) is 23.5. The summed E-state index contributed by atoms with van der Waals surface area (Å²) in [6.45, 7) is 8.31. The number of alkyl halides is 1. The van der Waals surface area contributed by atoms with E-state index in [9.17, 15) is 9.18 Å². The van der Waals surface area contributed by atoms with Gasteiger partial charge in [-0.1, -0.05) is 30.7 Å². The number of hydrogen-bond acceptors (Lipinski definition) is 6. The summed E-state index contributed by atoms with van der Waals surface area (Å²) in [5.74, 6) is 0.812. The highest BCUT2D eigenvalue weighted by Gasteiger charge is 2.36. The molecule has 0 bridgehead atoms. The van der Waals surface area contributed by atoms with E-state index in [2.05, 4.69) is 19.8 Å². The molecule has 2 aromatic rings. The number of amides is 1. The van der Waals surface area contributed by atoms with Crippen LogP contribution in [-0.2, 0) is 9.53 Å². The molecular weight excluding hydrogens is 457 g/mol. The van der Waals surface area contributed by atoms with E-state index < -0.39 is 6.17 Å². The van der Waals surface area contributed by atoms with Gasteiger partial charge in [0, 0.05) is 56.4 Å². The van der Waals surface area contributed by atoms with Crippen LogP contribution < -0.4 is 4.90 Å². The van der Waals surface area contributed by atoms with E-state index in [0.29, 0.717) is 63.1 Å². The van der Waals surface area contributed by atoms with Crippen molar-refractivity contribution < 1.29 is 13.9 Å². The molecule has 3 atom stereocenters. The largest absolute Gasteiger partial charge is 0.379 e. The molecule has 2 saturated heterocycles. The van der Waals surface area contributed by atoms with Crippen molar-refractivity contribution in [2.75, 3.05) is 63.9 Å². The Morgan fingerprint density at radius 1 is 1.12 bits per heavy atom. The van der Waals surface area contributed by atoms with E-state index in [4.69, 9.17) is 16.3 Å². The van der Waals surface area contributed by atoms with Gasteiger partial charge in [-0.05, 0) is 30.0 Å². The van der Waals surface area contributed by atoms with Gasteiger partial charge in [-0.15, -0.1) is 0 Å². The second-order valence-electron chi connectivity index (χ2n) is 9.43. The second kappa shape index (κ2) is 10.1. The molecule has 34 heavy (non-hydrogen) atoms. The zero-order chi connectivity index (χ0) is 23.7. The zero-order valence-corrected chi connectivity index (χ0v) is 20.3. The number of ether oxygens (including phenoxy) is 1. The maximum atomic E-state index is 14.4. The average Bonchev–Trinajstić information content (AvgIpc) is 3.17. The minimum atomic E-state index is -1.02. The fourth-order valence-electron chi connectivity index (χ4n) is 5.34. The van der Waals surface area contributed by atoms with Crippen molar-refractivity contribution in [3.8, 4) is 0 Å². The van der Waals surface area contributed by atoms with E-state index in [1.165, 1.54) is 6.33 Å². The molecule has 1 aliphatic carbocycles. The number of halogens is 2. The zero-order valence-electron chi connectivity index (χ0n) is 19.5. The first-order chi connectivity index (χ1) is 16.5. The number of fused-ring (bicyclic) bond motifs is 1. The van der Waals surface area contributed by atoms with Gasteiger partial charge < -0.3 is 14.5 Å². The number of nitrogens with zero attached hydrogens (tertiary/aromatic N) is 5. The van der Waals surface area contributed by atoms with Gasteiger partial charge >= 0.3 is 0 Å². The van der Waals surface area contributed by atoms with Crippen LogP contribution in [0.15, 0.2) is 30.6 Å². The Hall–Kier alpha value is -2.29. The molecule has 0 spiro atoms. The SMILES string of the molecule is C[C@@H]1C[C@H](F)c2ncnc(N3CCN(C(=O)C(CN4CCOCC4)c4ccc(Cl)cc4)CC3)c21. The van der Waals surface area contributed by atoms with E-state index in [0.717, 1.165) is 30.0 Å². The number of anilines is 1. The molecule has 182 valence electrons. The van der Waals surface area contributed by atoms with Crippen LogP contribution in [0.1, 0.15) is 48.2 Å². The number of morpholine rings is 1. The van der Waals surface area contributed by atoms with Gasteiger partial charge in [0.15, 0.2) is 0 Å². The quantitative estimate of drug-likeness (QED) is 0.644. The summed E-state index contributed by atoms with van der Waals surface area (Å²) in [5.41, 5.74) is 2.45. The molecule has 2 aliphatic heterocycles. The van der Waals surface area contributed by atoms with Crippen LogP contribution in [0.2, 0.25) is 5.02 Å². The topological polar surface area (TPSA) is 61.8 Å². The van der Waals surface area contributed by atoms with Crippen molar-refractivity contribution in [3.05, 3.63) is 52.4 Å². The van der Waals surface area contributed by atoms with E-state index >= 15 is 0 Å². The average molecular weight is 488 g/mol. The number of hydrogen-bond donors (Lipinski definition) is 0. The Balaban J connectivity index is 1.30. The normalized spacial score (nSPS) is 24.2. The summed E-state index contributed by atoms with van der Waals surface area (Å²) in [4.78, 5) is 28.9. The highest BCUT2D eigenvalue weighted by Crippen LogP contribution is 2.44. The lowest BCUT2D eigenvalue weighted by molar-refractivity contribution is -0.134. The summed E-state index contributed by atoms with van der Waals surface area (Å²) in [6.07, 6.45) is 0.911. The molecule has 9 heteroatoms. The molecule has 5 rings (SSSR count). The Bertz CT molecular complexity index is 1010. The summed E-state index contributed by atoms with van der Waals surface area (Å²) in [7, 11) is 0. The number of piperazine rings is 1. The van der Waals surface area contributed by atoms with Crippen LogP contribution in [-0.4, -0.2) is 84.7 Å². The van der Waals surface area contributed by atoms with Gasteiger partial charge in [0.1, 0.15) is 18.3 Å². The monoisotopic (exact) mass is 487 g/mol. The highest BCUT2D eigenvalue weighted by atomic mass is 35.5. The fourth-order valence-corrected chi connectivity index (χ4v) is 5.46. The fraction of sp³-hybridized carbons (Fsp3) is 0.560. The molecule has 3 heterocycles. The van der Waals surface area contributed by atoms with Crippen LogP contribution in [0.3, 0.4) is 0 Å². The number of aromatic nitrogens is 2. The lowest BCUT2D eigenvalue weighted by atomic mass is 9.96. The van der Waals surface area contributed by atoms with Gasteiger partial charge in [0.25, 0.3) is 0 Å².